The average Bonchev–Trinajstić information content (AvgIpc) is 2.30. The van der Waals surface area contributed by atoms with Crippen LogP contribution in [-0.2, 0) is 6.42 Å². The summed E-state index contributed by atoms with van der Waals surface area (Å²) in [6, 6.07) is 8.68. The van der Waals surface area contributed by atoms with Gasteiger partial charge in [-0.15, -0.1) is 0 Å². The highest BCUT2D eigenvalue weighted by Crippen LogP contribution is 2.43. The molecule has 0 bridgehead atoms. The van der Waals surface area contributed by atoms with Crippen molar-refractivity contribution in [2.75, 3.05) is 0 Å². The molecule has 1 aliphatic rings. The zero-order valence-corrected chi connectivity index (χ0v) is 13.6. The minimum absolute atomic E-state index is 0.487. The van der Waals surface area contributed by atoms with Crippen LogP contribution in [0.15, 0.2) is 28.7 Å². The number of halogens is 2. The van der Waals surface area contributed by atoms with Gasteiger partial charge in [-0.1, -0.05) is 70.2 Å². The molecule has 0 nitrogen and oxygen atoms in total. The summed E-state index contributed by atoms with van der Waals surface area (Å²) in [5, 5.41) is 0. The highest BCUT2D eigenvalue weighted by Gasteiger charge is 2.33. The van der Waals surface area contributed by atoms with Crippen molar-refractivity contribution in [3.63, 3.8) is 0 Å². The van der Waals surface area contributed by atoms with E-state index in [4.69, 9.17) is 0 Å². The van der Waals surface area contributed by atoms with Crippen LogP contribution < -0.4 is 0 Å². The van der Waals surface area contributed by atoms with Gasteiger partial charge in [-0.2, -0.15) is 0 Å². The van der Waals surface area contributed by atoms with Crippen molar-refractivity contribution in [3.05, 3.63) is 34.3 Å². The summed E-state index contributed by atoms with van der Waals surface area (Å²) in [5.74, 6) is 0. The molecule has 0 heterocycles. The SMILES string of the molecule is CC1(C(Br)Cc2cccc(Br)c2)CCCCC1. The minimum Gasteiger partial charge on any atom is -0.0881 e. The van der Waals surface area contributed by atoms with E-state index in [1.165, 1.54) is 42.1 Å². The van der Waals surface area contributed by atoms with Crippen LogP contribution in [0.4, 0.5) is 0 Å². The van der Waals surface area contributed by atoms with Crippen LogP contribution in [0.2, 0.25) is 0 Å². The first-order valence-electron chi connectivity index (χ1n) is 6.49. The van der Waals surface area contributed by atoms with E-state index >= 15 is 0 Å². The van der Waals surface area contributed by atoms with Crippen LogP contribution in [0.25, 0.3) is 0 Å². The maximum atomic E-state index is 3.94. The first kappa shape index (κ1) is 13.6. The Morgan fingerprint density at radius 3 is 2.59 bits per heavy atom. The first-order valence-corrected chi connectivity index (χ1v) is 8.19. The topological polar surface area (TPSA) is 0 Å². The molecule has 1 aromatic carbocycles. The zero-order chi connectivity index (χ0) is 12.3. The van der Waals surface area contributed by atoms with Gasteiger partial charge in [0, 0.05) is 9.30 Å². The van der Waals surface area contributed by atoms with E-state index in [1.807, 2.05) is 0 Å². The summed E-state index contributed by atoms with van der Waals surface area (Å²) in [5.41, 5.74) is 1.91. The van der Waals surface area contributed by atoms with Gasteiger partial charge in [0.1, 0.15) is 0 Å². The number of hydrogen-bond donors (Lipinski definition) is 0. The molecule has 1 unspecified atom stereocenters. The Hall–Kier alpha value is 0.180. The molecule has 94 valence electrons. The second-order valence-electron chi connectivity index (χ2n) is 5.52. The number of hydrogen-bond acceptors (Lipinski definition) is 0. The lowest BCUT2D eigenvalue weighted by molar-refractivity contribution is 0.211. The van der Waals surface area contributed by atoms with Crippen molar-refractivity contribution in [2.24, 2.45) is 5.41 Å². The molecule has 1 fully saturated rings. The molecule has 1 aromatic rings. The van der Waals surface area contributed by atoms with Crippen LogP contribution in [0.5, 0.6) is 0 Å². The van der Waals surface area contributed by atoms with Gasteiger partial charge in [0.2, 0.25) is 0 Å². The normalized spacial score (nSPS) is 21.1. The van der Waals surface area contributed by atoms with Crippen LogP contribution >= 0.6 is 31.9 Å². The molecule has 0 N–H and O–H groups in total. The summed E-state index contributed by atoms with van der Waals surface area (Å²) in [6.45, 7) is 2.45. The average molecular weight is 360 g/mol. The Bertz CT molecular complexity index is 367. The van der Waals surface area contributed by atoms with Gasteiger partial charge < -0.3 is 0 Å². The number of rotatable bonds is 3. The van der Waals surface area contributed by atoms with Crippen molar-refractivity contribution in [3.8, 4) is 0 Å². The van der Waals surface area contributed by atoms with E-state index in [-0.39, 0.29) is 0 Å². The Morgan fingerprint density at radius 2 is 1.94 bits per heavy atom. The van der Waals surface area contributed by atoms with Gasteiger partial charge in [0.05, 0.1) is 0 Å². The fourth-order valence-corrected chi connectivity index (χ4v) is 4.07. The zero-order valence-electron chi connectivity index (χ0n) is 10.4. The monoisotopic (exact) mass is 358 g/mol. The molecule has 0 amide bonds. The smallest absolute Gasteiger partial charge is 0.0239 e. The third-order valence-corrected chi connectivity index (χ3v) is 5.98. The molecule has 0 radical (unpaired) electrons. The van der Waals surface area contributed by atoms with E-state index in [1.54, 1.807) is 0 Å². The largest absolute Gasteiger partial charge is 0.0881 e. The fraction of sp³-hybridized carbons (Fsp3) is 0.600. The Kier molecular flexibility index (Phi) is 4.71. The molecule has 1 saturated carbocycles. The van der Waals surface area contributed by atoms with Gasteiger partial charge in [0.15, 0.2) is 0 Å². The molecule has 1 aliphatic carbocycles. The quantitative estimate of drug-likeness (QED) is 0.605. The van der Waals surface area contributed by atoms with Gasteiger partial charge in [0.25, 0.3) is 0 Å². The second kappa shape index (κ2) is 5.88. The highest BCUT2D eigenvalue weighted by molar-refractivity contribution is 9.10. The fourth-order valence-electron chi connectivity index (χ4n) is 2.79. The van der Waals surface area contributed by atoms with Crippen molar-refractivity contribution in [1.29, 1.82) is 0 Å². The molecule has 1 atom stereocenters. The van der Waals surface area contributed by atoms with E-state index in [0.717, 1.165) is 6.42 Å². The molecule has 2 heteroatoms. The van der Waals surface area contributed by atoms with Crippen LogP contribution in [0, 0.1) is 5.41 Å². The van der Waals surface area contributed by atoms with Crippen molar-refractivity contribution in [2.45, 2.75) is 50.3 Å². The summed E-state index contributed by atoms with van der Waals surface area (Å²) in [6.07, 6.45) is 8.10. The van der Waals surface area contributed by atoms with E-state index < -0.39 is 0 Å². The maximum absolute atomic E-state index is 3.94. The number of benzene rings is 1. The summed E-state index contributed by atoms with van der Waals surface area (Å²) in [7, 11) is 0. The minimum atomic E-state index is 0.487. The molecular formula is C15H20Br2. The standard InChI is InChI=1S/C15H20Br2/c1-15(8-3-2-4-9-15)14(17)11-12-6-5-7-13(16)10-12/h5-7,10,14H,2-4,8-9,11H2,1H3. The molecule has 0 saturated heterocycles. The molecular weight excluding hydrogens is 340 g/mol. The molecule has 0 aliphatic heterocycles. The Labute approximate surface area is 121 Å². The summed E-state index contributed by atoms with van der Waals surface area (Å²) in [4.78, 5) is 0.601. The summed E-state index contributed by atoms with van der Waals surface area (Å²) < 4.78 is 1.18. The van der Waals surface area contributed by atoms with Crippen molar-refractivity contribution >= 4 is 31.9 Å². The Balaban J connectivity index is 2.02. The van der Waals surface area contributed by atoms with Gasteiger partial charge in [-0.05, 0) is 42.4 Å². The first-order chi connectivity index (χ1) is 8.10. The lowest BCUT2D eigenvalue weighted by atomic mass is 9.72. The third kappa shape index (κ3) is 3.57. The van der Waals surface area contributed by atoms with Crippen molar-refractivity contribution < 1.29 is 0 Å². The predicted molar refractivity (Wildman–Crippen MR) is 81.8 cm³/mol. The molecule has 17 heavy (non-hydrogen) atoms. The Morgan fingerprint density at radius 1 is 1.24 bits per heavy atom. The van der Waals surface area contributed by atoms with E-state index in [2.05, 4.69) is 63.0 Å². The van der Waals surface area contributed by atoms with Crippen LogP contribution in [-0.4, -0.2) is 4.83 Å². The summed E-state index contributed by atoms with van der Waals surface area (Å²) >= 11 is 7.49. The lowest BCUT2D eigenvalue weighted by Gasteiger charge is -2.38. The number of alkyl halides is 1. The highest BCUT2D eigenvalue weighted by atomic mass is 79.9. The predicted octanol–water partition coefficient (Wildman–Crippen LogP) is 5.73. The van der Waals surface area contributed by atoms with Gasteiger partial charge >= 0.3 is 0 Å². The van der Waals surface area contributed by atoms with Crippen LogP contribution in [0.1, 0.15) is 44.6 Å². The van der Waals surface area contributed by atoms with E-state index in [9.17, 15) is 0 Å². The third-order valence-electron chi connectivity index (χ3n) is 4.06. The van der Waals surface area contributed by atoms with Gasteiger partial charge in [-0.25, -0.2) is 0 Å². The maximum Gasteiger partial charge on any atom is 0.0239 e. The van der Waals surface area contributed by atoms with Crippen molar-refractivity contribution in [1.82, 2.24) is 0 Å². The van der Waals surface area contributed by atoms with Crippen LogP contribution in [0.3, 0.4) is 0 Å². The lowest BCUT2D eigenvalue weighted by Crippen LogP contribution is -2.31. The molecule has 0 spiro atoms. The molecule has 2 rings (SSSR count). The molecule has 0 aromatic heterocycles. The van der Waals surface area contributed by atoms with E-state index in [0.29, 0.717) is 10.2 Å². The second-order valence-corrected chi connectivity index (χ2v) is 7.54. The van der Waals surface area contributed by atoms with Gasteiger partial charge in [-0.3, -0.25) is 0 Å².